The number of aliphatic imine (C=N–C) groups is 1. The number of halogens is 1. The van der Waals surface area contributed by atoms with Crippen molar-refractivity contribution in [2.24, 2.45) is 4.99 Å². The molecule has 0 fully saturated rings. The van der Waals surface area contributed by atoms with Crippen molar-refractivity contribution in [3.63, 3.8) is 0 Å². The number of hydrogen-bond acceptors (Lipinski definition) is 3. The minimum Gasteiger partial charge on any atom is -0.357 e. The first-order chi connectivity index (χ1) is 9.57. The Bertz CT molecular complexity index is 409. The zero-order valence-corrected chi connectivity index (χ0v) is 16.5. The third-order valence-corrected chi connectivity index (χ3v) is 4.15. The third-order valence-electron chi connectivity index (χ3n) is 2.91. The zero-order chi connectivity index (χ0) is 14.8. The Kier molecular flexibility index (Phi) is 10.9. The maximum absolute atomic E-state index is 4.64. The Morgan fingerprint density at radius 2 is 2.10 bits per heavy atom. The number of rotatable bonds is 7. The largest absolute Gasteiger partial charge is 0.357 e. The van der Waals surface area contributed by atoms with Crippen molar-refractivity contribution in [2.45, 2.75) is 31.9 Å². The van der Waals surface area contributed by atoms with Gasteiger partial charge in [0.2, 0.25) is 0 Å². The number of thioether (sulfide) groups is 1. The van der Waals surface area contributed by atoms with Gasteiger partial charge in [0.1, 0.15) is 0 Å². The van der Waals surface area contributed by atoms with Crippen molar-refractivity contribution in [3.05, 3.63) is 30.1 Å². The standard InChI is InChI=1S/C15H26N4S.HI/c1-5-16-14(19-12-15(2,3)20-4)18-11-9-13-8-6-7-10-17-13;/h6-8,10H,5,9,11-12H2,1-4H3,(H2,16,18,19);1H. The van der Waals surface area contributed by atoms with Gasteiger partial charge in [0.25, 0.3) is 0 Å². The van der Waals surface area contributed by atoms with Crippen LogP contribution in [0.5, 0.6) is 0 Å². The van der Waals surface area contributed by atoms with Gasteiger partial charge in [0.15, 0.2) is 5.96 Å². The smallest absolute Gasteiger partial charge is 0.191 e. The molecule has 2 N–H and O–H groups in total. The maximum Gasteiger partial charge on any atom is 0.191 e. The van der Waals surface area contributed by atoms with Gasteiger partial charge in [-0.1, -0.05) is 6.07 Å². The molecule has 1 rings (SSSR count). The summed E-state index contributed by atoms with van der Waals surface area (Å²) in [6.07, 6.45) is 4.85. The van der Waals surface area contributed by atoms with Crippen LogP contribution in [0.25, 0.3) is 0 Å². The van der Waals surface area contributed by atoms with E-state index in [0.29, 0.717) is 0 Å². The van der Waals surface area contributed by atoms with Crippen LogP contribution in [-0.4, -0.2) is 41.6 Å². The first kappa shape index (κ1) is 20.5. The van der Waals surface area contributed by atoms with Gasteiger partial charge < -0.3 is 10.6 Å². The second-order valence-electron chi connectivity index (χ2n) is 5.16. The fraction of sp³-hybridized carbons (Fsp3) is 0.600. The molecule has 4 nitrogen and oxygen atoms in total. The zero-order valence-electron chi connectivity index (χ0n) is 13.3. The Labute approximate surface area is 150 Å². The van der Waals surface area contributed by atoms with E-state index in [-0.39, 0.29) is 28.7 Å². The molecule has 0 saturated carbocycles. The molecule has 1 aromatic rings. The predicted octanol–water partition coefficient (Wildman–Crippen LogP) is 2.94. The molecular formula is C15H27IN4S. The number of hydrogen-bond donors (Lipinski definition) is 2. The lowest BCUT2D eigenvalue weighted by Gasteiger charge is -2.20. The monoisotopic (exact) mass is 422 g/mol. The SMILES string of the molecule is CCNC(=NCC(C)(C)SC)NCCc1ccccn1.I. The summed E-state index contributed by atoms with van der Waals surface area (Å²) >= 11 is 1.84. The van der Waals surface area contributed by atoms with Crippen molar-refractivity contribution in [2.75, 3.05) is 25.9 Å². The van der Waals surface area contributed by atoms with Gasteiger partial charge in [-0.15, -0.1) is 24.0 Å². The number of pyridine rings is 1. The van der Waals surface area contributed by atoms with Gasteiger partial charge >= 0.3 is 0 Å². The van der Waals surface area contributed by atoms with Gasteiger partial charge in [-0.05, 0) is 39.2 Å². The molecule has 0 saturated heterocycles. The van der Waals surface area contributed by atoms with Gasteiger partial charge in [0.05, 0.1) is 6.54 Å². The second-order valence-corrected chi connectivity index (χ2v) is 6.67. The van der Waals surface area contributed by atoms with E-state index in [0.717, 1.165) is 37.7 Å². The van der Waals surface area contributed by atoms with Crippen LogP contribution >= 0.6 is 35.7 Å². The van der Waals surface area contributed by atoms with Gasteiger partial charge in [-0.2, -0.15) is 11.8 Å². The molecule has 120 valence electrons. The molecule has 0 spiro atoms. The molecule has 0 aromatic carbocycles. The highest BCUT2D eigenvalue weighted by Crippen LogP contribution is 2.20. The summed E-state index contributed by atoms with van der Waals surface area (Å²) < 4.78 is 0.170. The van der Waals surface area contributed by atoms with E-state index in [2.05, 4.69) is 47.6 Å². The number of nitrogens with zero attached hydrogens (tertiary/aromatic N) is 2. The van der Waals surface area contributed by atoms with Crippen LogP contribution in [0.3, 0.4) is 0 Å². The Morgan fingerprint density at radius 3 is 2.67 bits per heavy atom. The highest BCUT2D eigenvalue weighted by atomic mass is 127. The van der Waals surface area contributed by atoms with Gasteiger partial charge in [0, 0.05) is 36.1 Å². The number of nitrogens with one attached hydrogen (secondary N) is 2. The quantitative estimate of drug-likeness (QED) is 0.403. The van der Waals surface area contributed by atoms with E-state index in [1.165, 1.54) is 0 Å². The topological polar surface area (TPSA) is 49.3 Å². The molecule has 1 aromatic heterocycles. The summed E-state index contributed by atoms with van der Waals surface area (Å²) in [6.45, 7) is 9.00. The fourth-order valence-corrected chi connectivity index (χ4v) is 1.72. The summed E-state index contributed by atoms with van der Waals surface area (Å²) in [4.78, 5) is 8.96. The normalized spacial score (nSPS) is 11.7. The first-order valence-corrected chi connectivity index (χ1v) is 8.27. The average molecular weight is 422 g/mol. The van der Waals surface area contributed by atoms with E-state index < -0.39 is 0 Å². The van der Waals surface area contributed by atoms with Crippen molar-refractivity contribution >= 4 is 41.7 Å². The van der Waals surface area contributed by atoms with Crippen LogP contribution in [0.15, 0.2) is 29.4 Å². The summed E-state index contributed by atoms with van der Waals surface area (Å²) in [5.74, 6) is 0.880. The van der Waals surface area contributed by atoms with Gasteiger partial charge in [-0.3, -0.25) is 9.98 Å². The molecule has 0 aliphatic heterocycles. The molecule has 0 radical (unpaired) electrons. The van der Waals surface area contributed by atoms with Crippen molar-refractivity contribution in [1.29, 1.82) is 0 Å². The fourth-order valence-electron chi connectivity index (χ4n) is 1.53. The van der Waals surface area contributed by atoms with Crippen LogP contribution in [0, 0.1) is 0 Å². The molecule has 6 heteroatoms. The third kappa shape index (κ3) is 9.18. The van der Waals surface area contributed by atoms with E-state index in [1.807, 2.05) is 36.2 Å². The first-order valence-electron chi connectivity index (χ1n) is 7.04. The summed E-state index contributed by atoms with van der Waals surface area (Å²) in [5.41, 5.74) is 1.10. The van der Waals surface area contributed by atoms with Gasteiger partial charge in [-0.25, -0.2) is 0 Å². The minimum absolute atomic E-state index is 0. The number of guanidine groups is 1. The predicted molar refractivity (Wildman–Crippen MR) is 105 cm³/mol. The lowest BCUT2D eigenvalue weighted by atomic mass is 10.2. The molecule has 0 amide bonds. The van der Waals surface area contributed by atoms with Crippen LogP contribution in [0.2, 0.25) is 0 Å². The highest BCUT2D eigenvalue weighted by molar-refractivity contribution is 14.0. The molecule has 0 aliphatic rings. The lowest BCUT2D eigenvalue weighted by Crippen LogP contribution is -2.39. The number of aromatic nitrogens is 1. The van der Waals surface area contributed by atoms with Crippen LogP contribution in [0.4, 0.5) is 0 Å². The van der Waals surface area contributed by atoms with Crippen LogP contribution < -0.4 is 10.6 Å². The van der Waals surface area contributed by atoms with Crippen molar-refractivity contribution < 1.29 is 0 Å². The highest BCUT2D eigenvalue weighted by Gasteiger charge is 2.15. The molecule has 21 heavy (non-hydrogen) atoms. The molecule has 0 aliphatic carbocycles. The van der Waals surface area contributed by atoms with Crippen molar-refractivity contribution in [1.82, 2.24) is 15.6 Å². The maximum atomic E-state index is 4.64. The second kappa shape index (κ2) is 11.1. The molecular weight excluding hydrogens is 395 g/mol. The molecule has 0 unspecified atom stereocenters. The Hall–Kier alpha value is -0.500. The van der Waals surface area contributed by atoms with E-state index in [1.54, 1.807) is 0 Å². The van der Waals surface area contributed by atoms with E-state index >= 15 is 0 Å². The summed E-state index contributed by atoms with van der Waals surface area (Å²) in [6, 6.07) is 6.00. The van der Waals surface area contributed by atoms with Crippen molar-refractivity contribution in [3.8, 4) is 0 Å². The lowest BCUT2D eigenvalue weighted by molar-refractivity contribution is 0.709. The molecule has 0 atom stereocenters. The van der Waals surface area contributed by atoms with E-state index in [9.17, 15) is 0 Å². The minimum atomic E-state index is 0. The summed E-state index contributed by atoms with van der Waals surface area (Å²) in [7, 11) is 0. The van der Waals surface area contributed by atoms with Crippen LogP contribution in [0.1, 0.15) is 26.5 Å². The average Bonchev–Trinajstić information content (AvgIpc) is 2.46. The molecule has 1 heterocycles. The summed E-state index contributed by atoms with van der Waals surface area (Å²) in [5, 5.41) is 6.63. The van der Waals surface area contributed by atoms with Crippen LogP contribution in [-0.2, 0) is 6.42 Å². The Balaban J connectivity index is 0.00000400. The Morgan fingerprint density at radius 1 is 1.33 bits per heavy atom. The molecule has 0 bridgehead atoms. The van der Waals surface area contributed by atoms with E-state index in [4.69, 9.17) is 0 Å².